The van der Waals surface area contributed by atoms with E-state index < -0.39 is 5.60 Å². The number of β-amino-alcohol motifs (C(OH)–C–C–N with tert-alkyl or cyclic N) is 1. The van der Waals surface area contributed by atoms with Gasteiger partial charge in [-0.3, -0.25) is 9.78 Å². The number of carbonyl (C=O) groups is 1. The van der Waals surface area contributed by atoms with Crippen LogP contribution in [0.25, 0.3) is 0 Å². The lowest BCUT2D eigenvalue weighted by Gasteiger charge is -2.19. The summed E-state index contributed by atoms with van der Waals surface area (Å²) in [6.45, 7) is 4.45. The molecule has 5 heteroatoms. The molecular formula is C12H15ClN2O2. The molecule has 1 aliphatic rings. The molecule has 1 aromatic heterocycles. The number of hydrogen-bond acceptors (Lipinski definition) is 3. The second kappa shape index (κ2) is 4.27. The molecule has 2 rings (SSSR count). The minimum atomic E-state index is -0.791. The minimum absolute atomic E-state index is 0.166. The quantitative estimate of drug-likeness (QED) is 0.829. The van der Waals surface area contributed by atoms with Gasteiger partial charge in [0.25, 0.3) is 5.91 Å². The Hall–Kier alpha value is -1.13. The normalized spacial score (nSPS) is 24.1. The number of carbonyl (C=O) groups excluding carboxylic acids is 1. The number of halogens is 1. The van der Waals surface area contributed by atoms with E-state index in [4.69, 9.17) is 11.6 Å². The second-order valence-corrected chi connectivity index (χ2v) is 5.19. The van der Waals surface area contributed by atoms with Gasteiger partial charge in [-0.05, 0) is 26.3 Å². The Morgan fingerprint density at radius 2 is 2.35 bits per heavy atom. The van der Waals surface area contributed by atoms with Crippen molar-refractivity contribution >= 4 is 17.5 Å². The summed E-state index contributed by atoms with van der Waals surface area (Å²) < 4.78 is 0. The number of hydrogen-bond donors (Lipinski definition) is 1. The predicted molar refractivity (Wildman–Crippen MR) is 65.1 cm³/mol. The van der Waals surface area contributed by atoms with E-state index in [1.54, 1.807) is 17.9 Å². The summed E-state index contributed by atoms with van der Waals surface area (Å²) in [5.74, 6) is -0.166. The molecule has 1 amide bonds. The van der Waals surface area contributed by atoms with Crippen molar-refractivity contribution < 1.29 is 9.90 Å². The van der Waals surface area contributed by atoms with E-state index in [0.29, 0.717) is 30.1 Å². The SMILES string of the molecule is Cc1cc(Cl)c(C(=O)N2CCC(C)(O)C2)cn1. The first-order valence-electron chi connectivity index (χ1n) is 5.53. The maximum absolute atomic E-state index is 12.2. The highest BCUT2D eigenvalue weighted by atomic mass is 35.5. The number of aliphatic hydroxyl groups is 1. The zero-order valence-corrected chi connectivity index (χ0v) is 10.7. The lowest BCUT2D eigenvalue weighted by Crippen LogP contribution is -2.34. The molecule has 4 nitrogen and oxygen atoms in total. The van der Waals surface area contributed by atoms with Gasteiger partial charge in [-0.1, -0.05) is 11.6 Å². The maximum Gasteiger partial charge on any atom is 0.257 e. The summed E-state index contributed by atoms with van der Waals surface area (Å²) in [5.41, 5.74) is 0.384. The summed E-state index contributed by atoms with van der Waals surface area (Å²) in [6.07, 6.45) is 2.09. The molecule has 17 heavy (non-hydrogen) atoms. The first kappa shape index (κ1) is 12.3. The third kappa shape index (κ3) is 2.58. The highest BCUT2D eigenvalue weighted by Crippen LogP contribution is 2.24. The van der Waals surface area contributed by atoms with E-state index in [1.807, 2.05) is 6.92 Å². The second-order valence-electron chi connectivity index (χ2n) is 4.78. The number of pyridine rings is 1. The number of aromatic nitrogens is 1. The van der Waals surface area contributed by atoms with Crippen LogP contribution in [-0.4, -0.2) is 39.6 Å². The van der Waals surface area contributed by atoms with Gasteiger partial charge in [0, 0.05) is 25.0 Å². The van der Waals surface area contributed by atoms with Crippen LogP contribution < -0.4 is 0 Å². The largest absolute Gasteiger partial charge is 0.388 e. The van der Waals surface area contributed by atoms with Crippen LogP contribution in [0.4, 0.5) is 0 Å². The van der Waals surface area contributed by atoms with Crippen molar-refractivity contribution in [1.82, 2.24) is 9.88 Å². The number of nitrogens with zero attached hydrogens (tertiary/aromatic N) is 2. The van der Waals surface area contributed by atoms with Crippen molar-refractivity contribution in [2.45, 2.75) is 25.9 Å². The zero-order chi connectivity index (χ0) is 12.6. The van der Waals surface area contributed by atoms with Crippen LogP contribution in [0.2, 0.25) is 5.02 Å². The van der Waals surface area contributed by atoms with Gasteiger partial charge < -0.3 is 10.0 Å². The van der Waals surface area contributed by atoms with Gasteiger partial charge in [0.1, 0.15) is 0 Å². The van der Waals surface area contributed by atoms with Gasteiger partial charge >= 0.3 is 0 Å². The molecule has 0 saturated carbocycles. The summed E-state index contributed by atoms with van der Waals surface area (Å²) in [4.78, 5) is 17.8. The molecule has 0 spiro atoms. The average molecular weight is 255 g/mol. The van der Waals surface area contributed by atoms with Crippen LogP contribution in [0, 0.1) is 6.92 Å². The van der Waals surface area contributed by atoms with Gasteiger partial charge in [0.05, 0.1) is 16.2 Å². The first-order valence-corrected chi connectivity index (χ1v) is 5.91. The number of aryl methyl sites for hydroxylation is 1. The molecular weight excluding hydrogens is 240 g/mol. The third-order valence-electron chi connectivity index (χ3n) is 2.96. The fraction of sp³-hybridized carbons (Fsp3) is 0.500. The van der Waals surface area contributed by atoms with Crippen LogP contribution in [0.5, 0.6) is 0 Å². The fourth-order valence-corrected chi connectivity index (χ4v) is 2.26. The molecule has 92 valence electrons. The molecule has 0 aromatic carbocycles. The van der Waals surface area contributed by atoms with E-state index in [2.05, 4.69) is 4.98 Å². The van der Waals surface area contributed by atoms with Crippen molar-refractivity contribution in [2.75, 3.05) is 13.1 Å². The van der Waals surface area contributed by atoms with Crippen LogP contribution in [0.15, 0.2) is 12.3 Å². The van der Waals surface area contributed by atoms with E-state index in [9.17, 15) is 9.90 Å². The molecule has 0 aliphatic carbocycles. The molecule has 2 heterocycles. The Bertz CT molecular complexity index is 460. The van der Waals surface area contributed by atoms with Gasteiger partial charge in [-0.15, -0.1) is 0 Å². The maximum atomic E-state index is 12.2. The molecule has 1 unspecified atom stereocenters. The van der Waals surface area contributed by atoms with E-state index in [-0.39, 0.29) is 5.91 Å². The Morgan fingerprint density at radius 3 is 2.88 bits per heavy atom. The van der Waals surface area contributed by atoms with Crippen molar-refractivity contribution in [3.63, 3.8) is 0 Å². The Labute approximate surface area is 105 Å². The summed E-state index contributed by atoms with van der Waals surface area (Å²) >= 11 is 6.02. The third-order valence-corrected chi connectivity index (χ3v) is 3.27. The number of amides is 1. The highest BCUT2D eigenvalue weighted by Gasteiger charge is 2.34. The lowest BCUT2D eigenvalue weighted by molar-refractivity contribution is 0.0572. The van der Waals surface area contributed by atoms with Crippen molar-refractivity contribution in [3.05, 3.63) is 28.5 Å². The van der Waals surface area contributed by atoms with Crippen molar-refractivity contribution in [3.8, 4) is 0 Å². The minimum Gasteiger partial charge on any atom is -0.388 e. The molecule has 1 aliphatic heterocycles. The summed E-state index contributed by atoms with van der Waals surface area (Å²) in [6, 6.07) is 1.67. The van der Waals surface area contributed by atoms with E-state index in [1.165, 1.54) is 6.20 Å². The zero-order valence-electron chi connectivity index (χ0n) is 9.90. The van der Waals surface area contributed by atoms with Crippen molar-refractivity contribution in [2.24, 2.45) is 0 Å². The molecule has 1 saturated heterocycles. The standard InChI is InChI=1S/C12H15ClN2O2/c1-8-5-10(13)9(6-14-8)11(16)15-4-3-12(2,17)7-15/h5-6,17H,3-4,7H2,1-2H3. The van der Waals surface area contributed by atoms with Crippen LogP contribution in [0.1, 0.15) is 29.4 Å². The summed E-state index contributed by atoms with van der Waals surface area (Å²) in [7, 11) is 0. The molecule has 0 bridgehead atoms. The van der Waals surface area contributed by atoms with Gasteiger partial charge in [0.2, 0.25) is 0 Å². The van der Waals surface area contributed by atoms with Gasteiger partial charge in [0.15, 0.2) is 0 Å². The monoisotopic (exact) mass is 254 g/mol. The molecule has 0 radical (unpaired) electrons. The highest BCUT2D eigenvalue weighted by molar-refractivity contribution is 6.33. The number of likely N-dealkylation sites (tertiary alicyclic amines) is 1. The Kier molecular flexibility index (Phi) is 3.10. The molecule has 1 N–H and O–H groups in total. The molecule has 1 aromatic rings. The van der Waals surface area contributed by atoms with Crippen LogP contribution in [0.3, 0.4) is 0 Å². The number of rotatable bonds is 1. The van der Waals surface area contributed by atoms with E-state index >= 15 is 0 Å². The Balaban J connectivity index is 2.21. The Morgan fingerprint density at radius 1 is 1.65 bits per heavy atom. The first-order chi connectivity index (χ1) is 7.89. The molecule has 1 atom stereocenters. The lowest BCUT2D eigenvalue weighted by atomic mass is 10.1. The summed E-state index contributed by atoms with van der Waals surface area (Å²) in [5, 5.41) is 10.2. The smallest absolute Gasteiger partial charge is 0.257 e. The van der Waals surface area contributed by atoms with Gasteiger partial charge in [-0.2, -0.15) is 0 Å². The van der Waals surface area contributed by atoms with E-state index in [0.717, 1.165) is 5.69 Å². The fourth-order valence-electron chi connectivity index (χ4n) is 1.97. The topological polar surface area (TPSA) is 53.4 Å². The van der Waals surface area contributed by atoms with Gasteiger partial charge in [-0.25, -0.2) is 0 Å². The van der Waals surface area contributed by atoms with Crippen LogP contribution in [-0.2, 0) is 0 Å². The van der Waals surface area contributed by atoms with Crippen LogP contribution >= 0.6 is 11.6 Å². The average Bonchev–Trinajstić information content (AvgIpc) is 2.58. The van der Waals surface area contributed by atoms with Crippen molar-refractivity contribution in [1.29, 1.82) is 0 Å². The molecule has 1 fully saturated rings. The predicted octanol–water partition coefficient (Wildman–Crippen LogP) is 1.64.